The number of rotatable bonds is 9. The van der Waals surface area contributed by atoms with Crippen LogP contribution in [0.3, 0.4) is 0 Å². The van der Waals surface area contributed by atoms with Gasteiger partial charge < -0.3 is 5.32 Å². The van der Waals surface area contributed by atoms with Crippen LogP contribution in [0.4, 0.5) is 0 Å². The molecule has 2 rings (SSSR count). The van der Waals surface area contributed by atoms with E-state index in [4.69, 9.17) is 0 Å². The Kier molecular flexibility index (Phi) is 5.91. The topological polar surface area (TPSA) is 12.0 Å². The fourth-order valence-electron chi connectivity index (χ4n) is 2.88. The lowest BCUT2D eigenvalue weighted by Gasteiger charge is -2.18. The Hall–Kier alpha value is -0.820. The molecular weight excluding hydrogens is 230 g/mol. The summed E-state index contributed by atoms with van der Waals surface area (Å²) in [6, 6.07) is 9.96. The number of nitrogens with one attached hydrogen (secondary N) is 1. The van der Waals surface area contributed by atoms with E-state index in [0.29, 0.717) is 0 Å². The van der Waals surface area contributed by atoms with Crippen LogP contribution in [0.25, 0.3) is 0 Å². The Morgan fingerprint density at radius 3 is 2.47 bits per heavy atom. The molecule has 0 aliphatic heterocycles. The first-order valence-electron chi connectivity index (χ1n) is 8.14. The molecule has 106 valence electrons. The number of hydrogen-bond acceptors (Lipinski definition) is 1. The largest absolute Gasteiger partial charge is 0.314 e. The van der Waals surface area contributed by atoms with Crippen molar-refractivity contribution in [2.24, 2.45) is 5.92 Å². The Bertz CT molecular complexity index is 368. The minimum absolute atomic E-state index is 0.759. The highest BCUT2D eigenvalue weighted by molar-refractivity contribution is 5.23. The van der Waals surface area contributed by atoms with Gasteiger partial charge in [0.2, 0.25) is 0 Å². The molecule has 1 heteroatoms. The molecule has 19 heavy (non-hydrogen) atoms. The molecule has 1 aromatic rings. The van der Waals surface area contributed by atoms with Crippen molar-refractivity contribution in [1.29, 1.82) is 0 Å². The lowest BCUT2D eigenvalue weighted by Crippen LogP contribution is -2.32. The van der Waals surface area contributed by atoms with Crippen molar-refractivity contribution in [3.63, 3.8) is 0 Å². The molecule has 0 spiro atoms. The molecule has 1 aromatic carbocycles. The Balaban J connectivity index is 1.83. The molecule has 0 aromatic heterocycles. The van der Waals surface area contributed by atoms with Crippen molar-refractivity contribution >= 4 is 0 Å². The van der Waals surface area contributed by atoms with E-state index >= 15 is 0 Å². The van der Waals surface area contributed by atoms with Gasteiger partial charge in [-0.1, -0.05) is 44.5 Å². The first kappa shape index (κ1) is 14.6. The van der Waals surface area contributed by atoms with Crippen LogP contribution in [0.1, 0.15) is 57.1 Å². The summed E-state index contributed by atoms with van der Waals surface area (Å²) in [5.41, 5.74) is 3.03. The van der Waals surface area contributed by atoms with Crippen molar-refractivity contribution < 1.29 is 0 Å². The lowest BCUT2D eigenvalue weighted by atomic mass is 9.99. The molecule has 1 aliphatic carbocycles. The lowest BCUT2D eigenvalue weighted by molar-refractivity contribution is 0.436. The van der Waals surface area contributed by atoms with E-state index in [1.165, 1.54) is 62.6 Å². The van der Waals surface area contributed by atoms with Crippen LogP contribution in [0.2, 0.25) is 0 Å². The van der Waals surface area contributed by atoms with E-state index in [-0.39, 0.29) is 0 Å². The van der Waals surface area contributed by atoms with Crippen LogP contribution in [0.5, 0.6) is 0 Å². The molecule has 0 saturated heterocycles. The van der Waals surface area contributed by atoms with E-state index in [1.807, 2.05) is 0 Å². The van der Waals surface area contributed by atoms with Gasteiger partial charge in [-0.2, -0.15) is 0 Å². The molecule has 0 heterocycles. The van der Waals surface area contributed by atoms with Crippen LogP contribution < -0.4 is 5.32 Å². The monoisotopic (exact) mass is 259 g/mol. The SMILES string of the molecule is CCCNC(CCc1cccc(CCC)c1)C1CC1. The van der Waals surface area contributed by atoms with Crippen LogP contribution in [0.15, 0.2) is 24.3 Å². The zero-order valence-electron chi connectivity index (χ0n) is 12.6. The number of hydrogen-bond donors (Lipinski definition) is 1. The van der Waals surface area contributed by atoms with Crippen molar-refractivity contribution in [3.05, 3.63) is 35.4 Å². The van der Waals surface area contributed by atoms with E-state index in [9.17, 15) is 0 Å². The van der Waals surface area contributed by atoms with Crippen LogP contribution in [-0.2, 0) is 12.8 Å². The van der Waals surface area contributed by atoms with Gasteiger partial charge in [-0.3, -0.25) is 0 Å². The van der Waals surface area contributed by atoms with Crippen LogP contribution >= 0.6 is 0 Å². The molecule has 0 amide bonds. The summed E-state index contributed by atoms with van der Waals surface area (Å²) >= 11 is 0. The highest BCUT2D eigenvalue weighted by atomic mass is 14.9. The number of benzene rings is 1. The maximum Gasteiger partial charge on any atom is 0.00984 e. The first-order valence-corrected chi connectivity index (χ1v) is 8.14. The van der Waals surface area contributed by atoms with E-state index in [2.05, 4.69) is 43.4 Å². The van der Waals surface area contributed by atoms with Crippen molar-refractivity contribution in [2.45, 2.75) is 64.8 Å². The quantitative estimate of drug-likeness (QED) is 0.695. The molecule has 1 saturated carbocycles. The second-order valence-corrected chi connectivity index (χ2v) is 6.01. The first-order chi connectivity index (χ1) is 9.33. The van der Waals surface area contributed by atoms with Gasteiger partial charge in [0.15, 0.2) is 0 Å². The molecule has 1 nitrogen and oxygen atoms in total. The summed E-state index contributed by atoms with van der Waals surface area (Å²) in [5, 5.41) is 3.74. The van der Waals surface area contributed by atoms with Gasteiger partial charge in [-0.15, -0.1) is 0 Å². The predicted octanol–water partition coefficient (Wildman–Crippen LogP) is 4.35. The third-order valence-electron chi connectivity index (χ3n) is 4.12. The Morgan fingerprint density at radius 2 is 1.84 bits per heavy atom. The van der Waals surface area contributed by atoms with Gasteiger partial charge in [0.25, 0.3) is 0 Å². The van der Waals surface area contributed by atoms with Gasteiger partial charge in [0.1, 0.15) is 0 Å². The zero-order valence-corrected chi connectivity index (χ0v) is 12.6. The minimum atomic E-state index is 0.759. The standard InChI is InChI=1S/C18H29N/c1-3-6-15-7-5-8-16(14-15)9-12-18(17-10-11-17)19-13-4-2/h5,7-8,14,17-19H,3-4,6,9-13H2,1-2H3. The Labute approximate surface area is 118 Å². The summed E-state index contributed by atoms with van der Waals surface area (Å²) in [4.78, 5) is 0. The van der Waals surface area contributed by atoms with E-state index < -0.39 is 0 Å². The second-order valence-electron chi connectivity index (χ2n) is 6.01. The molecule has 0 radical (unpaired) electrons. The highest BCUT2D eigenvalue weighted by Gasteiger charge is 2.30. The van der Waals surface area contributed by atoms with Gasteiger partial charge in [0.05, 0.1) is 0 Å². The summed E-state index contributed by atoms with van der Waals surface area (Å²) < 4.78 is 0. The second kappa shape index (κ2) is 7.69. The predicted molar refractivity (Wildman–Crippen MR) is 83.6 cm³/mol. The minimum Gasteiger partial charge on any atom is -0.314 e. The van der Waals surface area contributed by atoms with Crippen molar-refractivity contribution in [1.82, 2.24) is 5.32 Å². The summed E-state index contributed by atoms with van der Waals surface area (Å²) in [7, 11) is 0. The molecule has 1 aliphatic rings. The summed E-state index contributed by atoms with van der Waals surface area (Å²) in [6.07, 6.45) is 9.12. The molecule has 1 atom stereocenters. The maximum absolute atomic E-state index is 3.74. The van der Waals surface area contributed by atoms with Gasteiger partial charge >= 0.3 is 0 Å². The van der Waals surface area contributed by atoms with E-state index in [1.54, 1.807) is 0 Å². The number of aryl methyl sites for hydroxylation is 2. The maximum atomic E-state index is 3.74. The fourth-order valence-corrected chi connectivity index (χ4v) is 2.88. The molecule has 1 unspecified atom stereocenters. The summed E-state index contributed by atoms with van der Waals surface area (Å²) in [5.74, 6) is 0.963. The average Bonchev–Trinajstić information content (AvgIpc) is 3.24. The molecule has 0 bridgehead atoms. The van der Waals surface area contributed by atoms with E-state index in [0.717, 1.165) is 12.0 Å². The van der Waals surface area contributed by atoms with Gasteiger partial charge in [0, 0.05) is 6.04 Å². The third-order valence-corrected chi connectivity index (χ3v) is 4.12. The van der Waals surface area contributed by atoms with Gasteiger partial charge in [-0.05, 0) is 62.1 Å². The fraction of sp³-hybridized carbons (Fsp3) is 0.667. The average molecular weight is 259 g/mol. The highest BCUT2D eigenvalue weighted by Crippen LogP contribution is 2.34. The van der Waals surface area contributed by atoms with Gasteiger partial charge in [-0.25, -0.2) is 0 Å². The normalized spacial score (nSPS) is 16.5. The zero-order chi connectivity index (χ0) is 13.5. The smallest absolute Gasteiger partial charge is 0.00984 e. The molecule has 1 N–H and O–H groups in total. The molecule has 1 fully saturated rings. The summed E-state index contributed by atoms with van der Waals surface area (Å²) in [6.45, 7) is 5.69. The van der Waals surface area contributed by atoms with Crippen LogP contribution in [-0.4, -0.2) is 12.6 Å². The third kappa shape index (κ3) is 4.99. The Morgan fingerprint density at radius 1 is 1.11 bits per heavy atom. The van der Waals surface area contributed by atoms with Crippen molar-refractivity contribution in [3.8, 4) is 0 Å². The molecular formula is C18H29N. The van der Waals surface area contributed by atoms with Crippen LogP contribution in [0, 0.1) is 5.92 Å². The van der Waals surface area contributed by atoms with Crippen molar-refractivity contribution in [2.75, 3.05) is 6.54 Å².